The lowest BCUT2D eigenvalue weighted by molar-refractivity contribution is -0.140. The summed E-state index contributed by atoms with van der Waals surface area (Å²) in [6.45, 7) is 2.84. The number of hydrogen-bond acceptors (Lipinski definition) is 7. The number of carbonyl (C=O) groups is 3. The number of hydrogen-bond donors (Lipinski definition) is 2. The molecule has 0 saturated carbocycles. The number of piperazine rings is 1. The van der Waals surface area contributed by atoms with Crippen LogP contribution in [0.5, 0.6) is 0 Å². The van der Waals surface area contributed by atoms with Gasteiger partial charge in [-0.1, -0.05) is 12.1 Å². The second kappa shape index (κ2) is 9.22. The van der Waals surface area contributed by atoms with Crippen LogP contribution in [0.1, 0.15) is 33.9 Å². The van der Waals surface area contributed by atoms with Crippen LogP contribution in [-0.4, -0.2) is 82.3 Å². The van der Waals surface area contributed by atoms with Gasteiger partial charge in [0.1, 0.15) is 11.2 Å². The summed E-state index contributed by atoms with van der Waals surface area (Å²) in [6, 6.07) is 10.6. The standard InChI is InChI=1S/C24H26N6O4/c31-21(19-16-26-17-4-1-2-5-18(17)27-19)28-24(7-9-25-10-8-24)23(33)30-13-11-29(12-14-30)22(32)20-6-3-15-34-20/h1-6,15-16,25H,7-14H2,(H,28,31). The Bertz CT molecular complexity index is 1200. The van der Waals surface area contributed by atoms with Crippen molar-refractivity contribution >= 4 is 28.8 Å². The molecule has 0 unspecified atom stereocenters. The number of carbonyl (C=O) groups excluding carboxylic acids is 3. The van der Waals surface area contributed by atoms with Gasteiger partial charge in [0.15, 0.2) is 5.76 Å². The van der Waals surface area contributed by atoms with Gasteiger partial charge in [-0.3, -0.25) is 19.4 Å². The molecule has 2 saturated heterocycles. The predicted molar refractivity (Wildman–Crippen MR) is 123 cm³/mol. The minimum Gasteiger partial charge on any atom is -0.459 e. The maximum absolute atomic E-state index is 13.7. The van der Waals surface area contributed by atoms with Gasteiger partial charge >= 0.3 is 0 Å². The Kier molecular flexibility index (Phi) is 5.97. The molecule has 0 radical (unpaired) electrons. The molecule has 176 valence electrons. The van der Waals surface area contributed by atoms with E-state index < -0.39 is 11.4 Å². The summed E-state index contributed by atoms with van der Waals surface area (Å²) in [5, 5.41) is 6.26. The molecule has 2 aliphatic rings. The number of benzene rings is 1. The zero-order valence-electron chi connectivity index (χ0n) is 18.7. The van der Waals surface area contributed by atoms with E-state index in [9.17, 15) is 14.4 Å². The van der Waals surface area contributed by atoms with Crippen LogP contribution in [-0.2, 0) is 4.79 Å². The first-order valence-corrected chi connectivity index (χ1v) is 11.4. The number of furan rings is 1. The SMILES string of the molecule is O=C(NC1(C(=O)N2CCN(C(=O)c3ccco3)CC2)CCNCC1)c1cnc2ccccc2n1. The highest BCUT2D eigenvalue weighted by molar-refractivity contribution is 5.99. The second-order valence-corrected chi connectivity index (χ2v) is 8.59. The lowest BCUT2D eigenvalue weighted by Gasteiger charge is -2.43. The monoisotopic (exact) mass is 462 g/mol. The van der Waals surface area contributed by atoms with E-state index in [4.69, 9.17) is 4.42 Å². The van der Waals surface area contributed by atoms with Crippen molar-refractivity contribution in [3.05, 3.63) is 60.3 Å². The first kappa shape index (κ1) is 22.0. The number of fused-ring (bicyclic) bond motifs is 1. The molecule has 10 heteroatoms. The molecular formula is C24H26N6O4. The van der Waals surface area contributed by atoms with Gasteiger partial charge in [0.25, 0.3) is 11.8 Å². The normalized spacial score (nSPS) is 18.0. The number of nitrogens with one attached hydrogen (secondary N) is 2. The van der Waals surface area contributed by atoms with Gasteiger partial charge in [-0.25, -0.2) is 4.98 Å². The highest BCUT2D eigenvalue weighted by Crippen LogP contribution is 2.24. The zero-order valence-corrected chi connectivity index (χ0v) is 18.7. The van der Waals surface area contributed by atoms with Crippen molar-refractivity contribution in [1.82, 2.24) is 30.4 Å². The maximum atomic E-state index is 13.7. The molecule has 3 aromatic rings. The third-order valence-corrected chi connectivity index (χ3v) is 6.49. The third kappa shape index (κ3) is 4.24. The van der Waals surface area contributed by atoms with Gasteiger partial charge in [0, 0.05) is 26.2 Å². The molecule has 2 N–H and O–H groups in total. The molecule has 2 fully saturated rings. The van der Waals surface area contributed by atoms with Gasteiger partial charge in [0.05, 0.1) is 23.5 Å². The van der Waals surface area contributed by atoms with Crippen molar-refractivity contribution in [2.75, 3.05) is 39.3 Å². The van der Waals surface area contributed by atoms with Crippen LogP contribution in [0.2, 0.25) is 0 Å². The smallest absolute Gasteiger partial charge is 0.289 e. The molecule has 0 aliphatic carbocycles. The Balaban J connectivity index is 1.30. The van der Waals surface area contributed by atoms with Crippen molar-refractivity contribution in [3.63, 3.8) is 0 Å². The summed E-state index contributed by atoms with van der Waals surface area (Å²) < 4.78 is 5.21. The van der Waals surface area contributed by atoms with Crippen LogP contribution in [0, 0.1) is 0 Å². The van der Waals surface area contributed by atoms with Crippen LogP contribution in [0.15, 0.2) is 53.3 Å². The van der Waals surface area contributed by atoms with Gasteiger partial charge in [0.2, 0.25) is 5.91 Å². The first-order chi connectivity index (χ1) is 16.6. The van der Waals surface area contributed by atoms with Crippen molar-refractivity contribution in [1.29, 1.82) is 0 Å². The van der Waals surface area contributed by atoms with E-state index in [0.29, 0.717) is 68.9 Å². The van der Waals surface area contributed by atoms with Gasteiger partial charge < -0.3 is 24.9 Å². The molecule has 0 atom stereocenters. The number of piperidine rings is 1. The summed E-state index contributed by atoms with van der Waals surface area (Å²) >= 11 is 0. The van der Waals surface area contributed by atoms with E-state index in [1.54, 1.807) is 28.0 Å². The predicted octanol–water partition coefficient (Wildman–Crippen LogP) is 1.06. The van der Waals surface area contributed by atoms with Crippen molar-refractivity contribution in [2.45, 2.75) is 18.4 Å². The summed E-state index contributed by atoms with van der Waals surface area (Å²) in [5.74, 6) is -0.434. The van der Waals surface area contributed by atoms with E-state index in [2.05, 4.69) is 20.6 Å². The lowest BCUT2D eigenvalue weighted by atomic mass is 9.86. The van der Waals surface area contributed by atoms with Gasteiger partial charge in [-0.05, 0) is 50.2 Å². The van der Waals surface area contributed by atoms with Gasteiger partial charge in [-0.2, -0.15) is 0 Å². The number of para-hydroxylation sites is 2. The molecular weight excluding hydrogens is 436 g/mol. The number of nitrogens with zero attached hydrogens (tertiary/aromatic N) is 4. The Hall–Kier alpha value is -3.79. The minimum atomic E-state index is -1.02. The fraction of sp³-hybridized carbons (Fsp3) is 0.375. The van der Waals surface area contributed by atoms with E-state index in [1.165, 1.54) is 12.5 Å². The average Bonchev–Trinajstić information content (AvgIpc) is 3.43. The molecule has 34 heavy (non-hydrogen) atoms. The molecule has 2 aliphatic heterocycles. The Morgan fingerprint density at radius 1 is 0.941 bits per heavy atom. The molecule has 0 bridgehead atoms. The van der Waals surface area contributed by atoms with Crippen molar-refractivity contribution in [3.8, 4) is 0 Å². The number of amides is 3. The molecule has 5 rings (SSSR count). The molecule has 0 spiro atoms. The van der Waals surface area contributed by atoms with Gasteiger partial charge in [-0.15, -0.1) is 0 Å². The van der Waals surface area contributed by atoms with E-state index in [1.807, 2.05) is 18.2 Å². The van der Waals surface area contributed by atoms with Crippen molar-refractivity contribution < 1.29 is 18.8 Å². The summed E-state index contributed by atoms with van der Waals surface area (Å²) in [4.78, 5) is 51.6. The second-order valence-electron chi connectivity index (χ2n) is 8.59. The van der Waals surface area contributed by atoms with Crippen molar-refractivity contribution in [2.24, 2.45) is 0 Å². The van der Waals surface area contributed by atoms with E-state index >= 15 is 0 Å². The van der Waals surface area contributed by atoms with Crippen LogP contribution in [0.3, 0.4) is 0 Å². The largest absolute Gasteiger partial charge is 0.459 e. The molecule has 3 amide bonds. The Labute approximate surface area is 196 Å². The lowest BCUT2D eigenvalue weighted by Crippen LogP contribution is -2.65. The zero-order chi connectivity index (χ0) is 23.5. The molecule has 2 aromatic heterocycles. The van der Waals surface area contributed by atoms with Crippen LogP contribution in [0.4, 0.5) is 0 Å². The maximum Gasteiger partial charge on any atom is 0.289 e. The van der Waals surface area contributed by atoms with E-state index in [0.717, 1.165) is 0 Å². The molecule has 10 nitrogen and oxygen atoms in total. The first-order valence-electron chi connectivity index (χ1n) is 11.4. The van der Waals surface area contributed by atoms with Crippen LogP contribution >= 0.6 is 0 Å². The average molecular weight is 463 g/mol. The molecule has 4 heterocycles. The third-order valence-electron chi connectivity index (χ3n) is 6.49. The topological polar surface area (TPSA) is 121 Å². The van der Waals surface area contributed by atoms with Crippen LogP contribution < -0.4 is 10.6 Å². The fourth-order valence-electron chi connectivity index (χ4n) is 4.57. The number of aromatic nitrogens is 2. The molecule has 1 aromatic carbocycles. The fourth-order valence-corrected chi connectivity index (χ4v) is 4.57. The summed E-state index contributed by atoms with van der Waals surface area (Å²) in [5.41, 5.74) is 0.480. The quantitative estimate of drug-likeness (QED) is 0.595. The van der Waals surface area contributed by atoms with Crippen LogP contribution in [0.25, 0.3) is 11.0 Å². The highest BCUT2D eigenvalue weighted by atomic mass is 16.3. The summed E-state index contributed by atoms with van der Waals surface area (Å²) in [7, 11) is 0. The Morgan fingerprint density at radius 2 is 1.65 bits per heavy atom. The summed E-state index contributed by atoms with van der Waals surface area (Å²) in [6.07, 6.45) is 3.86. The van der Waals surface area contributed by atoms with E-state index in [-0.39, 0.29) is 17.5 Å². The number of rotatable bonds is 4. The highest BCUT2D eigenvalue weighted by Gasteiger charge is 2.44. The minimum absolute atomic E-state index is 0.124. The Morgan fingerprint density at radius 3 is 2.35 bits per heavy atom.